The summed E-state index contributed by atoms with van der Waals surface area (Å²) in [6, 6.07) is 6.05. The molecule has 122 valence electrons. The second kappa shape index (κ2) is 5.75. The van der Waals surface area contributed by atoms with E-state index in [9.17, 15) is 4.79 Å². The van der Waals surface area contributed by atoms with E-state index in [1.807, 2.05) is 19.1 Å². The van der Waals surface area contributed by atoms with Crippen LogP contribution in [0.25, 0.3) is 5.65 Å². The van der Waals surface area contributed by atoms with Gasteiger partial charge in [-0.25, -0.2) is 4.98 Å². The number of hydrogen-bond acceptors (Lipinski definition) is 3. The van der Waals surface area contributed by atoms with Gasteiger partial charge < -0.3 is 5.32 Å². The smallest absolute Gasteiger partial charge is 0.258 e. The molecule has 2 saturated carbocycles. The van der Waals surface area contributed by atoms with E-state index in [0.29, 0.717) is 12.6 Å². The van der Waals surface area contributed by atoms with Crippen molar-refractivity contribution in [1.82, 2.24) is 14.7 Å². The van der Waals surface area contributed by atoms with Gasteiger partial charge in [0.1, 0.15) is 5.65 Å². The van der Waals surface area contributed by atoms with Crippen molar-refractivity contribution in [1.29, 1.82) is 0 Å². The van der Waals surface area contributed by atoms with Crippen molar-refractivity contribution in [2.45, 2.75) is 52.1 Å². The fourth-order valence-electron chi connectivity index (χ4n) is 4.72. The minimum atomic E-state index is 0.00285. The van der Waals surface area contributed by atoms with Gasteiger partial charge in [-0.05, 0) is 62.5 Å². The normalized spacial score (nSPS) is 27.7. The van der Waals surface area contributed by atoms with E-state index >= 15 is 0 Å². The maximum atomic E-state index is 12.3. The number of hydrogen-bond donors (Lipinski definition) is 1. The minimum absolute atomic E-state index is 0.00285. The van der Waals surface area contributed by atoms with E-state index in [4.69, 9.17) is 0 Å². The minimum Gasteiger partial charge on any atom is -0.308 e. The molecule has 4 rings (SSSR count). The number of aryl methyl sites for hydroxylation is 1. The van der Waals surface area contributed by atoms with Crippen LogP contribution in [-0.4, -0.2) is 15.4 Å². The lowest BCUT2D eigenvalue weighted by atomic mass is 9.84. The van der Waals surface area contributed by atoms with Crippen molar-refractivity contribution < 1.29 is 0 Å². The summed E-state index contributed by atoms with van der Waals surface area (Å²) in [7, 11) is 0. The Morgan fingerprint density at radius 1 is 1.39 bits per heavy atom. The van der Waals surface area contributed by atoms with Gasteiger partial charge in [0.05, 0.1) is 5.69 Å². The molecule has 4 nitrogen and oxygen atoms in total. The molecule has 0 spiro atoms. The van der Waals surface area contributed by atoms with Crippen LogP contribution in [0.1, 0.15) is 43.9 Å². The highest BCUT2D eigenvalue weighted by Crippen LogP contribution is 2.49. The summed E-state index contributed by atoms with van der Waals surface area (Å²) in [5.74, 6) is 2.69. The summed E-state index contributed by atoms with van der Waals surface area (Å²) in [5.41, 5.74) is 2.65. The molecule has 2 aliphatic carbocycles. The fraction of sp³-hybridized carbons (Fsp3) is 0.579. The lowest BCUT2D eigenvalue weighted by Gasteiger charge is -2.28. The predicted octanol–water partition coefficient (Wildman–Crippen LogP) is 2.92. The summed E-state index contributed by atoms with van der Waals surface area (Å²) < 4.78 is 1.62. The van der Waals surface area contributed by atoms with Gasteiger partial charge in [-0.2, -0.15) is 0 Å². The number of fused-ring (bicyclic) bond motifs is 3. The zero-order valence-corrected chi connectivity index (χ0v) is 14.0. The third-order valence-corrected chi connectivity index (χ3v) is 5.98. The molecule has 0 saturated heterocycles. The van der Waals surface area contributed by atoms with Crippen LogP contribution in [0, 0.1) is 24.7 Å². The first-order valence-corrected chi connectivity index (χ1v) is 8.83. The first kappa shape index (κ1) is 14.9. The highest BCUT2D eigenvalue weighted by molar-refractivity contribution is 5.46. The molecule has 0 radical (unpaired) electrons. The van der Waals surface area contributed by atoms with Gasteiger partial charge in [-0.1, -0.05) is 12.5 Å². The topological polar surface area (TPSA) is 46.4 Å². The molecule has 2 aromatic rings. The highest BCUT2D eigenvalue weighted by atomic mass is 16.1. The average molecular weight is 311 g/mol. The Kier molecular flexibility index (Phi) is 3.72. The van der Waals surface area contributed by atoms with Gasteiger partial charge >= 0.3 is 0 Å². The molecular weight excluding hydrogens is 286 g/mol. The van der Waals surface area contributed by atoms with Gasteiger partial charge in [-0.3, -0.25) is 9.20 Å². The van der Waals surface area contributed by atoms with E-state index in [1.54, 1.807) is 16.7 Å². The molecule has 0 aromatic carbocycles. The maximum Gasteiger partial charge on any atom is 0.258 e. The first-order chi connectivity index (χ1) is 11.1. The summed E-state index contributed by atoms with van der Waals surface area (Å²) >= 11 is 0. The van der Waals surface area contributed by atoms with E-state index in [2.05, 4.69) is 17.2 Å². The monoisotopic (exact) mass is 311 g/mol. The number of nitrogens with zero attached hydrogens (tertiary/aromatic N) is 2. The SMILES string of the molecule is Cc1cccn2c(=O)cc(CNC(C)C3CC4CCC3C4)nc12. The summed E-state index contributed by atoms with van der Waals surface area (Å²) in [6.45, 7) is 4.97. The van der Waals surface area contributed by atoms with Crippen molar-refractivity contribution in [3.63, 3.8) is 0 Å². The van der Waals surface area contributed by atoms with Crippen molar-refractivity contribution in [2.75, 3.05) is 0 Å². The van der Waals surface area contributed by atoms with Gasteiger partial charge in [0, 0.05) is 24.8 Å². The number of rotatable bonds is 4. The molecule has 23 heavy (non-hydrogen) atoms. The number of pyridine rings is 1. The molecule has 4 atom stereocenters. The molecule has 0 amide bonds. The van der Waals surface area contributed by atoms with Crippen LogP contribution in [-0.2, 0) is 6.54 Å². The molecule has 2 fully saturated rings. The van der Waals surface area contributed by atoms with Gasteiger partial charge in [0.15, 0.2) is 0 Å². The highest BCUT2D eigenvalue weighted by Gasteiger charge is 2.41. The second-order valence-corrected chi connectivity index (χ2v) is 7.48. The third-order valence-electron chi connectivity index (χ3n) is 5.98. The lowest BCUT2D eigenvalue weighted by Crippen LogP contribution is -2.36. The van der Waals surface area contributed by atoms with E-state index in [0.717, 1.165) is 34.7 Å². The van der Waals surface area contributed by atoms with Crippen molar-refractivity contribution >= 4 is 5.65 Å². The Hall–Kier alpha value is -1.68. The molecule has 0 aliphatic heterocycles. The van der Waals surface area contributed by atoms with Crippen LogP contribution in [0.15, 0.2) is 29.2 Å². The molecular formula is C19H25N3O. The van der Waals surface area contributed by atoms with Crippen LogP contribution in [0.5, 0.6) is 0 Å². The summed E-state index contributed by atoms with van der Waals surface area (Å²) in [6.07, 6.45) is 7.45. The standard InChI is InChI=1S/C19H25N3O/c1-12-4-3-7-22-18(23)10-16(21-19(12)22)11-20-13(2)17-9-14-5-6-15(17)8-14/h3-4,7,10,13-15,17,20H,5-6,8-9,11H2,1-2H3. The van der Waals surface area contributed by atoms with E-state index in [1.165, 1.54) is 25.7 Å². The van der Waals surface area contributed by atoms with Crippen molar-refractivity contribution in [3.05, 3.63) is 46.0 Å². The van der Waals surface area contributed by atoms with Crippen molar-refractivity contribution in [2.24, 2.45) is 17.8 Å². The Bertz CT molecular complexity index is 782. The zero-order chi connectivity index (χ0) is 16.0. The molecule has 2 bridgehead atoms. The van der Waals surface area contributed by atoms with Crippen LogP contribution < -0.4 is 10.9 Å². The Morgan fingerprint density at radius 3 is 3.00 bits per heavy atom. The summed E-state index contributed by atoms with van der Waals surface area (Å²) in [5, 5.41) is 3.63. The average Bonchev–Trinajstić information content (AvgIpc) is 3.17. The Labute approximate surface area is 136 Å². The molecule has 4 heteroatoms. The molecule has 4 unspecified atom stereocenters. The van der Waals surface area contributed by atoms with Gasteiger partial charge in [0.25, 0.3) is 5.56 Å². The Balaban J connectivity index is 1.50. The van der Waals surface area contributed by atoms with E-state index < -0.39 is 0 Å². The largest absolute Gasteiger partial charge is 0.308 e. The van der Waals surface area contributed by atoms with Crippen LogP contribution in [0.2, 0.25) is 0 Å². The Morgan fingerprint density at radius 2 is 2.26 bits per heavy atom. The molecule has 1 N–H and O–H groups in total. The van der Waals surface area contributed by atoms with E-state index in [-0.39, 0.29) is 5.56 Å². The number of nitrogens with one attached hydrogen (secondary N) is 1. The molecule has 2 aromatic heterocycles. The van der Waals surface area contributed by atoms with Crippen molar-refractivity contribution in [3.8, 4) is 0 Å². The lowest BCUT2D eigenvalue weighted by molar-refractivity contribution is 0.259. The number of aromatic nitrogens is 2. The maximum absolute atomic E-state index is 12.3. The van der Waals surface area contributed by atoms with Gasteiger partial charge in [-0.15, -0.1) is 0 Å². The van der Waals surface area contributed by atoms with Crippen LogP contribution in [0.4, 0.5) is 0 Å². The second-order valence-electron chi connectivity index (χ2n) is 7.48. The van der Waals surface area contributed by atoms with Crippen LogP contribution >= 0.6 is 0 Å². The first-order valence-electron chi connectivity index (χ1n) is 8.83. The quantitative estimate of drug-likeness (QED) is 0.944. The fourth-order valence-corrected chi connectivity index (χ4v) is 4.72. The van der Waals surface area contributed by atoms with Crippen LogP contribution in [0.3, 0.4) is 0 Å². The summed E-state index contributed by atoms with van der Waals surface area (Å²) in [4.78, 5) is 16.9. The van der Waals surface area contributed by atoms with Gasteiger partial charge in [0.2, 0.25) is 0 Å². The third kappa shape index (κ3) is 2.69. The molecule has 2 heterocycles. The predicted molar refractivity (Wildman–Crippen MR) is 91.4 cm³/mol. The molecule has 2 aliphatic rings. The zero-order valence-electron chi connectivity index (χ0n) is 14.0.